The Bertz CT molecular complexity index is 1050. The molecule has 1 aliphatic carbocycles. The number of fused-ring (bicyclic) bond motifs is 1. The summed E-state index contributed by atoms with van der Waals surface area (Å²) in [5.41, 5.74) is 5.96. The van der Waals surface area contributed by atoms with E-state index in [1.54, 1.807) is 34.1 Å². The van der Waals surface area contributed by atoms with E-state index in [-0.39, 0.29) is 0 Å². The van der Waals surface area contributed by atoms with Gasteiger partial charge in [-0.05, 0) is 0 Å². The summed E-state index contributed by atoms with van der Waals surface area (Å²) < 4.78 is 15.6. The molecule has 1 fully saturated rings. The third-order valence-corrected chi connectivity index (χ3v) is 12.0. The fourth-order valence-corrected chi connectivity index (χ4v) is 11.2. The van der Waals surface area contributed by atoms with Crippen molar-refractivity contribution in [2.45, 2.75) is 25.7 Å². The van der Waals surface area contributed by atoms with E-state index < -0.39 is 14.7 Å². The monoisotopic (exact) mass is 470 g/mol. The molecule has 3 heteroatoms. The van der Waals surface area contributed by atoms with E-state index in [1.165, 1.54) is 41.2 Å². The number of hydrogen-bond acceptors (Lipinski definition) is 2. The predicted molar refractivity (Wildman–Crippen MR) is 130 cm³/mol. The van der Waals surface area contributed by atoms with Crippen LogP contribution in [0.3, 0.4) is 0 Å². The molecule has 0 amide bonds. The predicted octanol–water partition coefficient (Wildman–Crippen LogP) is 5.98. The van der Waals surface area contributed by atoms with Crippen LogP contribution in [0.4, 0.5) is 0 Å². The zero-order valence-corrected chi connectivity index (χ0v) is 20.0. The number of allylic oxidation sites excluding steroid dienone is 2. The molecule has 0 saturated heterocycles. The third-order valence-electron chi connectivity index (χ3n) is 6.23. The maximum atomic E-state index is 5.44. The average molecular weight is 470 g/mol. The van der Waals surface area contributed by atoms with E-state index in [4.69, 9.17) is 9.47 Å². The van der Waals surface area contributed by atoms with E-state index in [0.717, 1.165) is 11.5 Å². The van der Waals surface area contributed by atoms with Crippen molar-refractivity contribution in [1.29, 1.82) is 0 Å². The quantitative estimate of drug-likeness (QED) is 0.427. The molecule has 5 rings (SSSR count). The van der Waals surface area contributed by atoms with Crippen molar-refractivity contribution in [3.8, 4) is 11.5 Å². The zero-order valence-electron chi connectivity index (χ0n) is 18.1. The summed E-state index contributed by atoms with van der Waals surface area (Å²) in [4.78, 5) is 0. The van der Waals surface area contributed by atoms with Gasteiger partial charge in [-0.1, -0.05) is 0 Å². The van der Waals surface area contributed by atoms with Crippen LogP contribution in [0.15, 0.2) is 90.0 Å². The average Bonchev–Trinajstić information content (AvgIpc) is 3.20. The Balaban J connectivity index is 1.71. The normalized spacial score (nSPS) is 16.5. The molecule has 0 bridgehead atoms. The first-order valence-corrected chi connectivity index (χ1v) is 13.7. The van der Waals surface area contributed by atoms with Gasteiger partial charge in [-0.15, -0.1) is 0 Å². The minimum atomic E-state index is -1.70. The summed E-state index contributed by atoms with van der Waals surface area (Å²) in [6.07, 6.45) is 4.94. The molecular formula is C28H27AsO2. The number of benzene rings is 3. The fourth-order valence-electron chi connectivity index (χ4n) is 4.75. The van der Waals surface area contributed by atoms with Crippen molar-refractivity contribution in [3.63, 3.8) is 0 Å². The van der Waals surface area contributed by atoms with Gasteiger partial charge in [-0.3, -0.25) is 0 Å². The fraction of sp³-hybridized carbons (Fsp3) is 0.214. The molecule has 1 aliphatic heterocycles. The van der Waals surface area contributed by atoms with E-state index in [1.807, 2.05) is 0 Å². The van der Waals surface area contributed by atoms with Gasteiger partial charge in [0, 0.05) is 0 Å². The molecule has 0 unspecified atom stereocenters. The zero-order chi connectivity index (χ0) is 21.2. The molecular weight excluding hydrogens is 443 g/mol. The molecule has 31 heavy (non-hydrogen) atoms. The van der Waals surface area contributed by atoms with Gasteiger partial charge in [-0.2, -0.15) is 0 Å². The summed E-state index contributed by atoms with van der Waals surface area (Å²) in [5.74, 6) is 1.83. The van der Waals surface area contributed by atoms with Gasteiger partial charge in [0.1, 0.15) is 0 Å². The van der Waals surface area contributed by atoms with E-state index >= 15 is 0 Å². The van der Waals surface area contributed by atoms with Gasteiger partial charge in [0.05, 0.1) is 0 Å². The number of methoxy groups -OCH3 is 2. The molecule has 3 aromatic rings. The molecule has 1 heterocycles. The second-order valence-corrected chi connectivity index (χ2v) is 12.4. The van der Waals surface area contributed by atoms with Crippen LogP contribution < -0.4 is 13.8 Å². The van der Waals surface area contributed by atoms with Gasteiger partial charge in [-0.25, -0.2) is 0 Å². The third kappa shape index (κ3) is 3.75. The second kappa shape index (κ2) is 8.81. The van der Waals surface area contributed by atoms with Crippen LogP contribution in [0.2, 0.25) is 0 Å². The standard InChI is InChI=1S/C28H27AsO2/c1-30-23-16-12-20(13-17-23)27-25-10-6-7-11-26(25)28(21-14-18-24(31-2)19-15-21)29(27)22-8-4-3-5-9-22/h3-5,8-9,12-19H,6-7,10-11H2,1-2H3. The van der Waals surface area contributed by atoms with Crippen molar-refractivity contribution < 1.29 is 9.47 Å². The van der Waals surface area contributed by atoms with Crippen molar-refractivity contribution in [1.82, 2.24) is 0 Å². The molecule has 3 aromatic carbocycles. The molecule has 156 valence electrons. The second-order valence-electron chi connectivity index (χ2n) is 7.99. The molecule has 2 aliphatic rings. The number of hydrogen-bond donors (Lipinski definition) is 0. The molecule has 1 saturated carbocycles. The molecule has 0 radical (unpaired) electrons. The summed E-state index contributed by atoms with van der Waals surface area (Å²) >= 11 is -1.70. The van der Waals surface area contributed by atoms with Crippen molar-refractivity contribution in [3.05, 3.63) is 101 Å². The maximum absolute atomic E-state index is 5.44. The van der Waals surface area contributed by atoms with Crippen molar-refractivity contribution >= 4 is 27.7 Å². The molecule has 2 nitrogen and oxygen atoms in total. The SMILES string of the molecule is COc1ccc(C2=C3CCCCC3=C(c3ccc(OC)cc3)[As]2c2ccccc2)cc1. The van der Waals surface area contributed by atoms with Crippen molar-refractivity contribution in [2.24, 2.45) is 0 Å². The Morgan fingerprint density at radius 3 is 1.45 bits per heavy atom. The van der Waals surface area contributed by atoms with Gasteiger partial charge in [0.15, 0.2) is 0 Å². The van der Waals surface area contributed by atoms with Crippen molar-refractivity contribution in [2.75, 3.05) is 14.2 Å². The first kappa shape index (κ1) is 20.2. The topological polar surface area (TPSA) is 18.5 Å². The van der Waals surface area contributed by atoms with Gasteiger partial charge < -0.3 is 0 Å². The van der Waals surface area contributed by atoms with Crippen LogP contribution in [-0.4, -0.2) is 28.9 Å². The molecule has 0 aromatic heterocycles. The van der Waals surface area contributed by atoms with Crippen LogP contribution in [0.25, 0.3) is 8.72 Å². The van der Waals surface area contributed by atoms with Crippen LogP contribution >= 0.6 is 0 Å². The van der Waals surface area contributed by atoms with Gasteiger partial charge >= 0.3 is 190 Å². The van der Waals surface area contributed by atoms with Crippen LogP contribution in [0.5, 0.6) is 11.5 Å². The van der Waals surface area contributed by atoms with E-state index in [9.17, 15) is 0 Å². The Kier molecular flexibility index (Phi) is 5.74. The Morgan fingerprint density at radius 2 is 1.03 bits per heavy atom. The first-order valence-electron chi connectivity index (χ1n) is 10.9. The summed E-state index contributed by atoms with van der Waals surface area (Å²) in [7, 11) is 3.47. The molecule has 0 atom stereocenters. The summed E-state index contributed by atoms with van der Waals surface area (Å²) in [5, 5.41) is 0. The Hall–Kier alpha value is -2.70. The first-order chi connectivity index (χ1) is 15.3. The van der Waals surface area contributed by atoms with Crippen LogP contribution in [0, 0.1) is 0 Å². The van der Waals surface area contributed by atoms with Gasteiger partial charge in [0.25, 0.3) is 0 Å². The number of ether oxygens (including phenoxy) is 2. The Morgan fingerprint density at radius 1 is 0.581 bits per heavy atom. The van der Waals surface area contributed by atoms with E-state index in [2.05, 4.69) is 78.9 Å². The van der Waals surface area contributed by atoms with Gasteiger partial charge in [0.2, 0.25) is 0 Å². The number of rotatable bonds is 5. The summed E-state index contributed by atoms with van der Waals surface area (Å²) in [6.45, 7) is 0. The van der Waals surface area contributed by atoms with E-state index in [0.29, 0.717) is 0 Å². The minimum absolute atomic E-state index is 0.915. The molecule has 0 spiro atoms. The van der Waals surface area contributed by atoms with Crippen LogP contribution in [0.1, 0.15) is 36.8 Å². The molecule has 0 N–H and O–H groups in total. The summed E-state index contributed by atoms with van der Waals surface area (Å²) in [6, 6.07) is 28.6. The Labute approximate surface area is 189 Å². The van der Waals surface area contributed by atoms with Crippen LogP contribution in [-0.2, 0) is 0 Å².